The zero-order valence-electron chi connectivity index (χ0n) is 15.6. The molecule has 1 N–H and O–H groups in total. The number of halogens is 2. The van der Waals surface area contributed by atoms with Crippen molar-refractivity contribution in [1.29, 1.82) is 5.41 Å². The predicted molar refractivity (Wildman–Crippen MR) is 119 cm³/mol. The van der Waals surface area contributed by atoms with Crippen LogP contribution >= 0.6 is 35.0 Å². The Balaban J connectivity index is 1.62. The Morgan fingerprint density at radius 1 is 1.28 bits per heavy atom. The van der Waals surface area contributed by atoms with Crippen LogP contribution in [0.1, 0.15) is 26.0 Å². The van der Waals surface area contributed by atoms with E-state index in [4.69, 9.17) is 33.0 Å². The van der Waals surface area contributed by atoms with Gasteiger partial charge in [0.1, 0.15) is 16.6 Å². The second kappa shape index (κ2) is 7.82. The molecule has 0 spiro atoms. The predicted octanol–water partition coefficient (Wildman–Crippen LogP) is 5.92. The highest BCUT2D eigenvalue weighted by Crippen LogP contribution is 2.33. The number of carbonyl (C=O) groups is 1. The van der Waals surface area contributed by atoms with Crippen molar-refractivity contribution in [3.05, 3.63) is 51.7 Å². The normalized spacial score (nSPS) is 17.8. The van der Waals surface area contributed by atoms with Crippen molar-refractivity contribution in [2.45, 2.75) is 20.3 Å². The minimum Gasteiger partial charge on any atom is -0.457 e. The Hall–Kier alpha value is -2.35. The summed E-state index contributed by atoms with van der Waals surface area (Å²) in [4.78, 5) is 16.6. The quantitative estimate of drug-likeness (QED) is 0.590. The van der Waals surface area contributed by atoms with E-state index in [9.17, 15) is 4.79 Å². The maximum atomic E-state index is 12.5. The third kappa shape index (κ3) is 4.03. The fourth-order valence-corrected chi connectivity index (χ4v) is 4.47. The van der Waals surface area contributed by atoms with Crippen LogP contribution in [0.2, 0.25) is 10.0 Å². The van der Waals surface area contributed by atoms with Gasteiger partial charge in [-0.2, -0.15) is 15.1 Å². The second-order valence-corrected chi connectivity index (χ2v) is 8.82. The number of hydrogen-bond acceptors (Lipinski definition) is 5. The van der Waals surface area contributed by atoms with Gasteiger partial charge < -0.3 is 4.42 Å². The molecule has 1 aromatic carbocycles. The Bertz CT molecular complexity index is 1120. The van der Waals surface area contributed by atoms with E-state index < -0.39 is 5.91 Å². The third-order valence-corrected chi connectivity index (χ3v) is 5.67. The summed E-state index contributed by atoms with van der Waals surface area (Å²) in [5.41, 5.74) is 0.803. The largest absolute Gasteiger partial charge is 0.457 e. The molecule has 29 heavy (non-hydrogen) atoms. The van der Waals surface area contributed by atoms with Crippen LogP contribution in [0.4, 0.5) is 0 Å². The number of nitrogens with zero attached hydrogens (tertiary/aromatic N) is 3. The lowest BCUT2D eigenvalue weighted by atomic mass is 10.1. The Morgan fingerprint density at radius 3 is 2.79 bits per heavy atom. The topological polar surface area (TPSA) is 82.0 Å². The third-order valence-electron chi connectivity index (χ3n) is 4.19. The van der Waals surface area contributed by atoms with Crippen LogP contribution in [-0.2, 0) is 4.79 Å². The lowest BCUT2D eigenvalue weighted by Crippen LogP contribution is -2.35. The molecule has 0 fully saturated rings. The van der Waals surface area contributed by atoms with Crippen molar-refractivity contribution in [3.8, 4) is 11.3 Å². The number of thioether (sulfide) groups is 1. The van der Waals surface area contributed by atoms with Gasteiger partial charge in [0, 0.05) is 17.0 Å². The number of fused-ring (bicyclic) bond motifs is 1. The first-order valence-electron chi connectivity index (χ1n) is 8.86. The minimum atomic E-state index is -0.489. The molecular weight excluding hydrogens is 431 g/mol. The fraction of sp³-hybridized carbons (Fsp3) is 0.200. The van der Waals surface area contributed by atoms with E-state index in [0.717, 1.165) is 11.5 Å². The van der Waals surface area contributed by atoms with Crippen LogP contribution < -0.4 is 0 Å². The molecule has 1 aromatic heterocycles. The summed E-state index contributed by atoms with van der Waals surface area (Å²) in [6, 6.07) is 8.57. The first kappa shape index (κ1) is 19.9. The molecule has 0 saturated carbocycles. The number of hydrazone groups is 1. The van der Waals surface area contributed by atoms with Crippen LogP contribution in [0.3, 0.4) is 0 Å². The molecule has 6 nitrogen and oxygen atoms in total. The molecule has 0 aliphatic carbocycles. The van der Waals surface area contributed by atoms with Gasteiger partial charge in [0.15, 0.2) is 5.84 Å². The molecule has 0 saturated heterocycles. The SMILES string of the molecule is CC(C)CC1=NN2C(=N)C(=Cc3ccc(-c4ccc(Cl)cc4Cl)o3)C(=O)N=C2S1. The standard InChI is InChI=1S/C20H16Cl2N4O2S/c1-10(2)7-17-25-26-18(23)14(19(27)24-20(26)29-17)9-12-4-6-16(28-12)13-5-3-11(21)8-15(13)22/h3-6,8-10,23H,7H2,1-2H3. The highest BCUT2D eigenvalue weighted by Gasteiger charge is 2.35. The van der Waals surface area contributed by atoms with Crippen LogP contribution in [0.15, 0.2) is 50.4 Å². The fourth-order valence-electron chi connectivity index (χ4n) is 2.87. The molecule has 2 aromatic rings. The number of amidine groups is 2. The summed E-state index contributed by atoms with van der Waals surface area (Å²) >= 11 is 13.5. The van der Waals surface area contributed by atoms with Gasteiger partial charge >= 0.3 is 0 Å². The van der Waals surface area contributed by atoms with Gasteiger partial charge in [-0.25, -0.2) is 0 Å². The average molecular weight is 447 g/mol. The summed E-state index contributed by atoms with van der Waals surface area (Å²) in [6.45, 7) is 4.18. The van der Waals surface area contributed by atoms with Gasteiger partial charge in [0.25, 0.3) is 5.91 Å². The molecule has 9 heteroatoms. The highest BCUT2D eigenvalue weighted by molar-refractivity contribution is 8.26. The maximum absolute atomic E-state index is 12.5. The van der Waals surface area contributed by atoms with E-state index in [1.807, 2.05) is 0 Å². The zero-order chi connectivity index (χ0) is 20.7. The molecule has 2 aliphatic rings. The van der Waals surface area contributed by atoms with Gasteiger partial charge in [-0.05, 0) is 54.1 Å². The summed E-state index contributed by atoms with van der Waals surface area (Å²) in [6.07, 6.45) is 2.27. The van der Waals surface area contributed by atoms with Crippen molar-refractivity contribution in [3.63, 3.8) is 0 Å². The number of nitrogens with one attached hydrogen (secondary N) is 1. The maximum Gasteiger partial charge on any atom is 0.283 e. The van der Waals surface area contributed by atoms with E-state index in [-0.39, 0.29) is 11.4 Å². The number of carbonyl (C=O) groups excluding carboxylic acids is 1. The van der Waals surface area contributed by atoms with E-state index >= 15 is 0 Å². The number of hydrogen-bond donors (Lipinski definition) is 1. The molecule has 148 valence electrons. The zero-order valence-corrected chi connectivity index (χ0v) is 17.9. The monoisotopic (exact) mass is 446 g/mol. The van der Waals surface area contributed by atoms with Crippen molar-refractivity contribution >= 4 is 63.0 Å². The van der Waals surface area contributed by atoms with Crippen molar-refractivity contribution < 1.29 is 9.21 Å². The molecule has 2 aliphatic heterocycles. The lowest BCUT2D eigenvalue weighted by Gasteiger charge is -2.19. The van der Waals surface area contributed by atoms with Crippen LogP contribution in [0.5, 0.6) is 0 Å². The summed E-state index contributed by atoms with van der Waals surface area (Å²) in [5, 5.41) is 16.5. The van der Waals surface area contributed by atoms with Crippen LogP contribution in [0.25, 0.3) is 17.4 Å². The van der Waals surface area contributed by atoms with Gasteiger partial charge in [-0.3, -0.25) is 10.2 Å². The molecule has 0 unspecified atom stereocenters. The second-order valence-electron chi connectivity index (χ2n) is 6.94. The van der Waals surface area contributed by atoms with Crippen LogP contribution in [0, 0.1) is 11.3 Å². The Kier molecular flexibility index (Phi) is 5.38. The number of rotatable bonds is 4. The summed E-state index contributed by atoms with van der Waals surface area (Å²) in [5.74, 6) is 0.859. The number of amides is 1. The van der Waals surface area contributed by atoms with E-state index in [1.54, 1.807) is 30.3 Å². The van der Waals surface area contributed by atoms with E-state index in [0.29, 0.717) is 38.2 Å². The summed E-state index contributed by atoms with van der Waals surface area (Å²) in [7, 11) is 0. The number of furan rings is 1. The molecular formula is C20H16Cl2N4O2S. The van der Waals surface area contributed by atoms with Crippen molar-refractivity contribution in [2.24, 2.45) is 16.0 Å². The van der Waals surface area contributed by atoms with Gasteiger partial charge in [-0.15, -0.1) is 0 Å². The van der Waals surface area contributed by atoms with E-state index in [1.165, 1.54) is 22.8 Å². The van der Waals surface area contributed by atoms with E-state index in [2.05, 4.69) is 23.9 Å². The first-order valence-corrected chi connectivity index (χ1v) is 10.4. The van der Waals surface area contributed by atoms with Gasteiger partial charge in [-0.1, -0.05) is 37.0 Å². The Morgan fingerprint density at radius 2 is 2.07 bits per heavy atom. The molecule has 0 bridgehead atoms. The lowest BCUT2D eigenvalue weighted by molar-refractivity contribution is -0.114. The molecule has 0 atom stereocenters. The molecule has 1 amide bonds. The van der Waals surface area contributed by atoms with Crippen molar-refractivity contribution in [1.82, 2.24) is 5.01 Å². The molecule has 0 radical (unpaired) electrons. The number of benzene rings is 1. The highest BCUT2D eigenvalue weighted by atomic mass is 35.5. The summed E-state index contributed by atoms with van der Waals surface area (Å²) < 4.78 is 5.81. The van der Waals surface area contributed by atoms with Crippen LogP contribution in [-0.4, -0.2) is 27.0 Å². The smallest absolute Gasteiger partial charge is 0.283 e. The van der Waals surface area contributed by atoms with Gasteiger partial charge in [0.2, 0.25) is 5.17 Å². The Labute approximate surface area is 181 Å². The number of aliphatic imine (C=N–C) groups is 1. The molecule has 3 heterocycles. The van der Waals surface area contributed by atoms with Crippen molar-refractivity contribution in [2.75, 3.05) is 0 Å². The minimum absolute atomic E-state index is 0.0197. The molecule has 4 rings (SSSR count). The average Bonchev–Trinajstić information content (AvgIpc) is 3.25. The first-order chi connectivity index (χ1) is 13.8. The van der Waals surface area contributed by atoms with Gasteiger partial charge in [0.05, 0.1) is 10.6 Å².